The molecule has 1 heterocycles. The third kappa shape index (κ3) is 2.55. The quantitative estimate of drug-likeness (QED) is 0.541. The van der Waals surface area contributed by atoms with E-state index < -0.39 is 46.1 Å². The Kier molecular flexibility index (Phi) is 3.92. The number of fused-ring (bicyclic) bond motifs is 1. The molecule has 0 saturated heterocycles. The summed E-state index contributed by atoms with van der Waals surface area (Å²) < 4.78 is 44.0. The third-order valence-corrected chi connectivity index (χ3v) is 4.21. The van der Waals surface area contributed by atoms with E-state index in [1.807, 2.05) is 0 Å². The molecule has 0 spiro atoms. The molecule has 0 fully saturated rings. The van der Waals surface area contributed by atoms with E-state index in [0.717, 1.165) is 0 Å². The molecule has 0 saturated carbocycles. The smallest absolute Gasteiger partial charge is 0.269 e. The van der Waals surface area contributed by atoms with Crippen LogP contribution in [0.1, 0.15) is 20.7 Å². The second-order valence-corrected chi connectivity index (χ2v) is 5.84. The molecule has 0 unspecified atom stereocenters. The average molecular weight is 368 g/mol. The number of hydrogen-bond acceptors (Lipinski definition) is 3. The number of benzene rings is 3. The number of carbonyl (C=O) groups excluding carboxylic acids is 2. The molecule has 3 aromatic rings. The van der Waals surface area contributed by atoms with Crippen LogP contribution in [0.25, 0.3) is 0 Å². The van der Waals surface area contributed by atoms with Gasteiger partial charge in [-0.2, -0.15) is 0 Å². The van der Waals surface area contributed by atoms with Crippen LogP contribution in [0.4, 0.5) is 30.2 Å². The van der Waals surface area contributed by atoms with Crippen LogP contribution in [0, 0.1) is 17.5 Å². The summed E-state index contributed by atoms with van der Waals surface area (Å²) in [5, 5.41) is 2.43. The highest BCUT2D eigenvalue weighted by Gasteiger charge is 2.44. The topological polar surface area (TPSA) is 49.4 Å². The number of carbonyl (C=O) groups is 2. The zero-order valence-corrected chi connectivity index (χ0v) is 13.7. The second kappa shape index (κ2) is 6.28. The van der Waals surface area contributed by atoms with Crippen LogP contribution in [0.2, 0.25) is 0 Å². The van der Waals surface area contributed by atoms with E-state index >= 15 is 0 Å². The van der Waals surface area contributed by atoms with Gasteiger partial charge >= 0.3 is 0 Å². The van der Waals surface area contributed by atoms with Gasteiger partial charge in [-0.25, -0.2) is 18.1 Å². The summed E-state index contributed by atoms with van der Waals surface area (Å²) in [4.78, 5) is 25.8. The standard InChI is InChI=1S/C20H11F3N2O2/c21-15-13-14(20(27)25(19(13)26)12-9-5-2-6-10-12)16(22)18(17(15)23)24-11-7-3-1-4-8-11/h1-10,24H. The first-order valence-electron chi connectivity index (χ1n) is 7.97. The van der Waals surface area contributed by atoms with Gasteiger partial charge in [-0.3, -0.25) is 9.59 Å². The number of para-hydroxylation sites is 2. The highest BCUT2D eigenvalue weighted by Crippen LogP contribution is 2.37. The number of imide groups is 1. The first kappa shape index (κ1) is 16.8. The maximum Gasteiger partial charge on any atom is 0.269 e. The van der Waals surface area contributed by atoms with Crippen LogP contribution < -0.4 is 10.2 Å². The molecule has 0 aromatic heterocycles. The van der Waals surface area contributed by atoms with Crippen molar-refractivity contribution >= 4 is 28.9 Å². The number of anilines is 3. The molecule has 2 amide bonds. The first-order chi connectivity index (χ1) is 13.0. The van der Waals surface area contributed by atoms with Crippen molar-refractivity contribution < 1.29 is 22.8 Å². The minimum Gasteiger partial charge on any atom is -0.351 e. The van der Waals surface area contributed by atoms with E-state index in [9.17, 15) is 22.8 Å². The van der Waals surface area contributed by atoms with Gasteiger partial charge in [-0.15, -0.1) is 0 Å². The molecular formula is C20H11F3N2O2. The minimum atomic E-state index is -1.57. The van der Waals surface area contributed by atoms with Crippen molar-refractivity contribution in [2.45, 2.75) is 0 Å². The predicted molar refractivity (Wildman–Crippen MR) is 93.6 cm³/mol. The van der Waals surface area contributed by atoms with Crippen molar-refractivity contribution in [1.29, 1.82) is 0 Å². The predicted octanol–water partition coefficient (Wildman–Crippen LogP) is 4.65. The van der Waals surface area contributed by atoms with Gasteiger partial charge in [0.1, 0.15) is 5.69 Å². The fraction of sp³-hybridized carbons (Fsp3) is 0. The fourth-order valence-electron chi connectivity index (χ4n) is 2.96. The number of hydrogen-bond donors (Lipinski definition) is 1. The lowest BCUT2D eigenvalue weighted by Crippen LogP contribution is -2.29. The summed E-state index contributed by atoms with van der Waals surface area (Å²) in [7, 11) is 0. The van der Waals surface area contributed by atoms with E-state index in [0.29, 0.717) is 10.6 Å². The maximum atomic E-state index is 14.9. The van der Waals surface area contributed by atoms with Gasteiger partial charge in [0, 0.05) is 5.69 Å². The molecule has 27 heavy (non-hydrogen) atoms. The Bertz CT molecular complexity index is 1070. The third-order valence-electron chi connectivity index (χ3n) is 4.21. The van der Waals surface area contributed by atoms with E-state index in [1.54, 1.807) is 36.4 Å². The lowest BCUT2D eigenvalue weighted by molar-refractivity contribution is 0.0924. The SMILES string of the molecule is O=C1c2c(F)c(F)c(Nc3ccccc3)c(F)c2C(=O)N1c1ccccc1. The fourth-order valence-corrected chi connectivity index (χ4v) is 2.96. The molecule has 0 bridgehead atoms. The van der Waals surface area contributed by atoms with Gasteiger partial charge in [0.2, 0.25) is 0 Å². The first-order valence-corrected chi connectivity index (χ1v) is 7.97. The van der Waals surface area contributed by atoms with E-state index in [2.05, 4.69) is 5.32 Å². The lowest BCUT2D eigenvalue weighted by atomic mass is 10.1. The molecule has 3 aromatic carbocycles. The second-order valence-electron chi connectivity index (χ2n) is 5.84. The van der Waals surface area contributed by atoms with Crippen LogP contribution in [-0.4, -0.2) is 11.8 Å². The van der Waals surface area contributed by atoms with E-state index in [4.69, 9.17) is 0 Å². The zero-order chi connectivity index (χ0) is 19.1. The molecule has 1 aliphatic heterocycles. The van der Waals surface area contributed by atoms with Crippen LogP contribution in [0.5, 0.6) is 0 Å². The summed E-state index contributed by atoms with van der Waals surface area (Å²) in [5.74, 6) is -6.60. The molecule has 7 heteroatoms. The molecule has 4 nitrogen and oxygen atoms in total. The largest absolute Gasteiger partial charge is 0.351 e. The van der Waals surface area contributed by atoms with Crippen LogP contribution in [0.3, 0.4) is 0 Å². The van der Waals surface area contributed by atoms with Crippen LogP contribution in [0.15, 0.2) is 60.7 Å². The Hall–Kier alpha value is -3.61. The number of halogens is 3. The Morgan fingerprint density at radius 2 is 1.19 bits per heavy atom. The van der Waals surface area contributed by atoms with E-state index in [1.165, 1.54) is 24.3 Å². The number of nitrogens with one attached hydrogen (secondary N) is 1. The van der Waals surface area contributed by atoms with Crippen LogP contribution >= 0.6 is 0 Å². The van der Waals surface area contributed by atoms with Gasteiger partial charge in [0.05, 0.1) is 16.8 Å². The summed E-state index contributed by atoms with van der Waals surface area (Å²) in [5.41, 5.74) is -2.08. The van der Waals surface area contributed by atoms with Crippen molar-refractivity contribution in [3.8, 4) is 0 Å². The van der Waals surface area contributed by atoms with Gasteiger partial charge < -0.3 is 5.32 Å². The number of nitrogens with zero attached hydrogens (tertiary/aromatic N) is 1. The average Bonchev–Trinajstić information content (AvgIpc) is 2.95. The van der Waals surface area contributed by atoms with Gasteiger partial charge in [0.25, 0.3) is 11.8 Å². The molecule has 1 aliphatic rings. The Morgan fingerprint density at radius 3 is 1.78 bits per heavy atom. The number of rotatable bonds is 3. The molecule has 134 valence electrons. The van der Waals surface area contributed by atoms with Crippen molar-refractivity contribution in [2.24, 2.45) is 0 Å². The lowest BCUT2D eigenvalue weighted by Gasteiger charge is -2.13. The van der Waals surface area contributed by atoms with E-state index in [-0.39, 0.29) is 5.69 Å². The summed E-state index contributed by atoms with van der Waals surface area (Å²) in [6.45, 7) is 0. The monoisotopic (exact) mass is 368 g/mol. The summed E-state index contributed by atoms with van der Waals surface area (Å²) >= 11 is 0. The normalized spacial score (nSPS) is 13.1. The Labute approximate surface area is 151 Å². The zero-order valence-electron chi connectivity index (χ0n) is 13.7. The van der Waals surface area contributed by atoms with Crippen molar-refractivity contribution in [1.82, 2.24) is 0 Å². The van der Waals surface area contributed by atoms with Gasteiger partial charge in [-0.1, -0.05) is 36.4 Å². The molecule has 1 N–H and O–H groups in total. The van der Waals surface area contributed by atoms with Crippen LogP contribution in [-0.2, 0) is 0 Å². The summed E-state index contributed by atoms with van der Waals surface area (Å²) in [6, 6.07) is 15.6. The van der Waals surface area contributed by atoms with Gasteiger partial charge in [-0.05, 0) is 24.3 Å². The Morgan fingerprint density at radius 1 is 0.667 bits per heavy atom. The molecule has 0 radical (unpaired) electrons. The molecule has 4 rings (SSSR count). The molecule has 0 atom stereocenters. The van der Waals surface area contributed by atoms with Gasteiger partial charge in [0.15, 0.2) is 17.5 Å². The summed E-state index contributed by atoms with van der Waals surface area (Å²) in [6.07, 6.45) is 0. The van der Waals surface area contributed by atoms with Crippen molar-refractivity contribution in [2.75, 3.05) is 10.2 Å². The number of amides is 2. The molecule has 0 aliphatic carbocycles. The highest BCUT2D eigenvalue weighted by atomic mass is 19.2. The Balaban J connectivity index is 1.87. The minimum absolute atomic E-state index is 0.139. The van der Waals surface area contributed by atoms with Crippen molar-refractivity contribution in [3.63, 3.8) is 0 Å². The highest BCUT2D eigenvalue weighted by molar-refractivity contribution is 6.34. The maximum absolute atomic E-state index is 14.9. The van der Waals surface area contributed by atoms with Crippen molar-refractivity contribution in [3.05, 3.63) is 89.2 Å². The molecular weight excluding hydrogens is 357 g/mol.